The van der Waals surface area contributed by atoms with E-state index in [4.69, 9.17) is 5.73 Å². The highest BCUT2D eigenvalue weighted by Gasteiger charge is 2.48. The summed E-state index contributed by atoms with van der Waals surface area (Å²) in [7, 11) is 2.05. The van der Waals surface area contributed by atoms with Gasteiger partial charge in [0.05, 0.1) is 0 Å². The molecular weight excluding hydrogens is 224 g/mol. The van der Waals surface area contributed by atoms with Crippen LogP contribution in [0.4, 0.5) is 0 Å². The van der Waals surface area contributed by atoms with Gasteiger partial charge in [-0.15, -0.1) is 0 Å². The molecule has 3 heteroatoms. The first-order chi connectivity index (χ1) is 8.69. The summed E-state index contributed by atoms with van der Waals surface area (Å²) in [6.45, 7) is 0.803. The minimum atomic E-state index is 0.0692. The highest BCUT2D eigenvalue weighted by atomic mass is 16.3. The van der Waals surface area contributed by atoms with Crippen molar-refractivity contribution in [2.75, 3.05) is 13.6 Å². The first-order valence-electron chi connectivity index (χ1n) is 6.91. The molecule has 0 aromatic heterocycles. The van der Waals surface area contributed by atoms with Crippen molar-refractivity contribution in [1.29, 1.82) is 0 Å². The molecule has 3 nitrogen and oxygen atoms in total. The number of phenolic OH excluding ortho intramolecular Hbond substituents is 1. The molecule has 0 saturated heterocycles. The topological polar surface area (TPSA) is 58.3 Å². The minimum absolute atomic E-state index is 0.0692. The molecular formula is C15H22N2O. The maximum atomic E-state index is 9.75. The zero-order valence-electron chi connectivity index (χ0n) is 10.9. The minimum Gasteiger partial charge on any atom is -0.508 e. The summed E-state index contributed by atoms with van der Waals surface area (Å²) < 4.78 is 0. The van der Waals surface area contributed by atoms with Crippen molar-refractivity contribution in [3.05, 3.63) is 29.3 Å². The average Bonchev–Trinajstić information content (AvgIpc) is 2.72. The van der Waals surface area contributed by atoms with Crippen molar-refractivity contribution in [3.8, 4) is 5.75 Å². The van der Waals surface area contributed by atoms with E-state index in [1.165, 1.54) is 24.0 Å². The second kappa shape index (κ2) is 4.25. The summed E-state index contributed by atoms with van der Waals surface area (Å²) in [5, 5.41) is 13.3. The predicted octanol–water partition coefficient (Wildman–Crippen LogP) is 1.74. The van der Waals surface area contributed by atoms with Crippen LogP contribution in [0.1, 0.15) is 30.4 Å². The first kappa shape index (κ1) is 12.0. The Kier molecular flexibility index (Phi) is 2.83. The maximum absolute atomic E-state index is 9.75. The van der Waals surface area contributed by atoms with E-state index in [2.05, 4.69) is 18.4 Å². The Bertz CT molecular complexity index is 460. The molecule has 0 bridgehead atoms. The molecule has 98 valence electrons. The van der Waals surface area contributed by atoms with E-state index in [0.29, 0.717) is 17.6 Å². The van der Waals surface area contributed by atoms with E-state index < -0.39 is 0 Å². The maximum Gasteiger partial charge on any atom is 0.115 e. The van der Waals surface area contributed by atoms with Crippen LogP contribution in [0.5, 0.6) is 5.75 Å². The number of phenols is 1. The van der Waals surface area contributed by atoms with Crippen molar-refractivity contribution >= 4 is 0 Å². The van der Waals surface area contributed by atoms with Crippen molar-refractivity contribution in [2.45, 2.75) is 31.2 Å². The predicted molar refractivity (Wildman–Crippen MR) is 72.4 cm³/mol. The summed E-state index contributed by atoms with van der Waals surface area (Å²) in [5.41, 5.74) is 8.61. The van der Waals surface area contributed by atoms with Gasteiger partial charge in [0.2, 0.25) is 0 Å². The lowest BCUT2D eigenvalue weighted by Gasteiger charge is -2.43. The molecule has 1 fully saturated rings. The lowest BCUT2D eigenvalue weighted by atomic mass is 9.69. The van der Waals surface area contributed by atoms with Gasteiger partial charge in [0.25, 0.3) is 0 Å². The SMILES string of the molecule is CNC12CCC(CN)CC1Cc1ccc(O)cc12. The molecule has 0 aliphatic heterocycles. The molecule has 2 aliphatic carbocycles. The summed E-state index contributed by atoms with van der Waals surface area (Å²) in [6.07, 6.45) is 4.63. The standard InChI is InChI=1S/C15H22N2O/c1-17-15-5-4-10(9-16)6-12(15)7-11-2-3-13(18)8-14(11)15/h2-3,8,10,12,17-18H,4-7,9,16H2,1H3. The molecule has 3 atom stereocenters. The molecule has 1 saturated carbocycles. The lowest BCUT2D eigenvalue weighted by Crippen LogP contribution is -2.48. The van der Waals surface area contributed by atoms with E-state index in [1.807, 2.05) is 6.07 Å². The zero-order valence-corrected chi connectivity index (χ0v) is 10.9. The number of rotatable bonds is 2. The zero-order chi connectivity index (χ0) is 12.8. The van der Waals surface area contributed by atoms with Crippen molar-refractivity contribution in [2.24, 2.45) is 17.6 Å². The molecule has 1 aromatic rings. The molecule has 0 radical (unpaired) electrons. The highest BCUT2D eigenvalue weighted by Crippen LogP contribution is 2.51. The quantitative estimate of drug-likeness (QED) is 0.745. The smallest absolute Gasteiger partial charge is 0.115 e. The molecule has 0 spiro atoms. The fourth-order valence-corrected chi connectivity index (χ4v) is 4.07. The molecule has 3 rings (SSSR count). The number of nitrogens with one attached hydrogen (secondary N) is 1. The monoisotopic (exact) mass is 246 g/mol. The van der Waals surface area contributed by atoms with Gasteiger partial charge in [-0.25, -0.2) is 0 Å². The van der Waals surface area contributed by atoms with Gasteiger partial charge in [0, 0.05) is 5.54 Å². The van der Waals surface area contributed by atoms with Gasteiger partial charge in [0.1, 0.15) is 5.75 Å². The Labute approximate surface area is 108 Å². The number of nitrogens with two attached hydrogens (primary N) is 1. The van der Waals surface area contributed by atoms with Crippen molar-refractivity contribution < 1.29 is 5.11 Å². The van der Waals surface area contributed by atoms with Gasteiger partial charge >= 0.3 is 0 Å². The highest BCUT2D eigenvalue weighted by molar-refractivity contribution is 5.45. The third-order valence-electron chi connectivity index (χ3n) is 5.08. The van der Waals surface area contributed by atoms with Crippen LogP contribution >= 0.6 is 0 Å². The van der Waals surface area contributed by atoms with Crippen LogP contribution in [0.3, 0.4) is 0 Å². The summed E-state index contributed by atoms with van der Waals surface area (Å²) in [4.78, 5) is 0. The van der Waals surface area contributed by atoms with E-state index in [9.17, 15) is 5.11 Å². The fourth-order valence-electron chi connectivity index (χ4n) is 4.07. The van der Waals surface area contributed by atoms with E-state index in [0.717, 1.165) is 19.4 Å². The fraction of sp³-hybridized carbons (Fsp3) is 0.600. The third-order valence-corrected chi connectivity index (χ3v) is 5.08. The Morgan fingerprint density at radius 3 is 3.06 bits per heavy atom. The van der Waals surface area contributed by atoms with Gasteiger partial charge in [-0.1, -0.05) is 6.07 Å². The molecule has 0 heterocycles. The van der Waals surface area contributed by atoms with E-state index >= 15 is 0 Å². The van der Waals surface area contributed by atoms with Gasteiger partial charge in [-0.05, 0) is 74.4 Å². The van der Waals surface area contributed by atoms with Gasteiger partial charge in [-0.2, -0.15) is 0 Å². The molecule has 2 aliphatic rings. The number of hydrogen-bond donors (Lipinski definition) is 3. The molecule has 3 unspecified atom stereocenters. The van der Waals surface area contributed by atoms with Crippen LogP contribution in [0, 0.1) is 11.8 Å². The number of aromatic hydroxyl groups is 1. The average molecular weight is 246 g/mol. The van der Waals surface area contributed by atoms with Crippen LogP contribution in [0.2, 0.25) is 0 Å². The van der Waals surface area contributed by atoms with E-state index in [1.54, 1.807) is 6.07 Å². The third kappa shape index (κ3) is 1.57. The van der Waals surface area contributed by atoms with E-state index in [-0.39, 0.29) is 5.54 Å². The second-order valence-electron chi connectivity index (χ2n) is 5.84. The summed E-state index contributed by atoms with van der Waals surface area (Å²) in [6, 6.07) is 5.84. The van der Waals surface area contributed by atoms with Gasteiger partial charge in [-0.3, -0.25) is 0 Å². The Morgan fingerprint density at radius 1 is 1.50 bits per heavy atom. The summed E-state index contributed by atoms with van der Waals surface area (Å²) >= 11 is 0. The van der Waals surface area contributed by atoms with Gasteiger partial charge < -0.3 is 16.2 Å². The van der Waals surface area contributed by atoms with Crippen LogP contribution in [-0.2, 0) is 12.0 Å². The normalized spacial score (nSPS) is 34.1. The van der Waals surface area contributed by atoms with Crippen LogP contribution in [-0.4, -0.2) is 18.7 Å². The molecule has 18 heavy (non-hydrogen) atoms. The molecule has 1 aromatic carbocycles. The van der Waals surface area contributed by atoms with Gasteiger partial charge in [0.15, 0.2) is 0 Å². The number of fused-ring (bicyclic) bond motifs is 3. The molecule has 4 N–H and O–H groups in total. The largest absolute Gasteiger partial charge is 0.508 e. The Hall–Kier alpha value is -1.06. The van der Waals surface area contributed by atoms with Crippen molar-refractivity contribution in [3.63, 3.8) is 0 Å². The summed E-state index contributed by atoms with van der Waals surface area (Å²) in [5.74, 6) is 1.67. The Morgan fingerprint density at radius 2 is 2.33 bits per heavy atom. The van der Waals surface area contributed by atoms with Crippen molar-refractivity contribution in [1.82, 2.24) is 5.32 Å². The lowest BCUT2D eigenvalue weighted by molar-refractivity contribution is 0.131. The first-order valence-corrected chi connectivity index (χ1v) is 6.91. The Balaban J connectivity index is 2.01. The van der Waals surface area contributed by atoms with Crippen LogP contribution in [0.15, 0.2) is 18.2 Å². The number of hydrogen-bond acceptors (Lipinski definition) is 3. The van der Waals surface area contributed by atoms with Crippen LogP contribution < -0.4 is 11.1 Å². The second-order valence-corrected chi connectivity index (χ2v) is 5.84. The molecule has 0 amide bonds. The number of benzene rings is 1. The van der Waals surface area contributed by atoms with Crippen LogP contribution in [0.25, 0.3) is 0 Å².